The number of aryl methyl sites for hydroxylation is 3. The van der Waals surface area contributed by atoms with Gasteiger partial charge in [0.25, 0.3) is 0 Å². The molecule has 0 atom stereocenters. The van der Waals surface area contributed by atoms with E-state index in [2.05, 4.69) is 19.9 Å². The van der Waals surface area contributed by atoms with Gasteiger partial charge in [0, 0.05) is 44.6 Å². The molecule has 0 N–H and O–H groups in total. The lowest BCUT2D eigenvalue weighted by Gasteiger charge is -2.34. The van der Waals surface area contributed by atoms with Crippen molar-refractivity contribution >= 4 is 15.8 Å². The fraction of sp³-hybridized carbons (Fsp3) is 0.409. The highest BCUT2D eigenvalue weighted by molar-refractivity contribution is 7.89. The van der Waals surface area contributed by atoms with Crippen molar-refractivity contribution in [2.75, 3.05) is 31.1 Å². The molecular weight excluding hydrogens is 412 g/mol. The smallest absolute Gasteiger partial charge is 0.243 e. The summed E-state index contributed by atoms with van der Waals surface area (Å²) in [5.74, 6) is 2.40. The SMILES string of the molecule is Cc1nccn1-c1cc(N2CCN(S(=O)(=O)c3ccc4c(c3)CCCC4)CC2)ncn1. The molecule has 0 amide bonds. The summed E-state index contributed by atoms with van der Waals surface area (Å²) in [4.78, 5) is 15.5. The summed E-state index contributed by atoms with van der Waals surface area (Å²) < 4.78 is 30.0. The second-order valence-electron chi connectivity index (χ2n) is 8.11. The number of imidazole rings is 1. The number of sulfonamides is 1. The molecule has 0 radical (unpaired) electrons. The Bertz CT molecular complexity index is 1200. The van der Waals surface area contributed by atoms with Gasteiger partial charge >= 0.3 is 0 Å². The van der Waals surface area contributed by atoms with Crippen LogP contribution in [-0.2, 0) is 22.9 Å². The number of rotatable bonds is 4. The summed E-state index contributed by atoms with van der Waals surface area (Å²) in [5, 5.41) is 0. The molecule has 3 aromatic rings. The lowest BCUT2D eigenvalue weighted by atomic mass is 9.92. The fourth-order valence-electron chi connectivity index (χ4n) is 4.44. The molecule has 0 bridgehead atoms. The molecule has 2 aromatic heterocycles. The Kier molecular flexibility index (Phi) is 5.23. The standard InChI is InChI=1S/C22H26N6O2S/c1-17-23-8-9-28(17)22-15-21(24-16-25-22)26-10-12-27(13-11-26)31(29,30)20-7-6-18-4-2-3-5-19(18)14-20/h6-9,14-16H,2-5,10-13H2,1H3. The summed E-state index contributed by atoms with van der Waals surface area (Å²) in [5.41, 5.74) is 2.48. The van der Waals surface area contributed by atoms with E-state index in [-0.39, 0.29) is 0 Å². The first-order valence-corrected chi connectivity index (χ1v) is 12.2. The zero-order valence-corrected chi connectivity index (χ0v) is 18.4. The van der Waals surface area contributed by atoms with Crippen molar-refractivity contribution in [3.8, 4) is 5.82 Å². The van der Waals surface area contributed by atoms with Crippen LogP contribution in [0.25, 0.3) is 5.82 Å². The third kappa shape index (κ3) is 3.83. The average Bonchev–Trinajstić information content (AvgIpc) is 3.25. The van der Waals surface area contributed by atoms with Gasteiger partial charge in [0.2, 0.25) is 10.0 Å². The van der Waals surface area contributed by atoms with Crippen LogP contribution in [0.4, 0.5) is 5.82 Å². The van der Waals surface area contributed by atoms with Crippen LogP contribution in [0.5, 0.6) is 0 Å². The van der Waals surface area contributed by atoms with E-state index >= 15 is 0 Å². The highest BCUT2D eigenvalue weighted by Crippen LogP contribution is 2.27. The van der Waals surface area contributed by atoms with Crippen molar-refractivity contribution in [3.05, 3.63) is 59.9 Å². The predicted octanol–water partition coefficient (Wildman–Crippen LogP) is 2.36. The Morgan fingerprint density at radius 1 is 0.871 bits per heavy atom. The summed E-state index contributed by atoms with van der Waals surface area (Å²) in [6, 6.07) is 7.58. The summed E-state index contributed by atoms with van der Waals surface area (Å²) in [7, 11) is -3.49. The second-order valence-corrected chi connectivity index (χ2v) is 10.0. The van der Waals surface area contributed by atoms with Crippen molar-refractivity contribution < 1.29 is 8.42 Å². The van der Waals surface area contributed by atoms with E-state index in [9.17, 15) is 8.42 Å². The molecule has 0 spiro atoms. The predicted molar refractivity (Wildman–Crippen MR) is 118 cm³/mol. The number of benzene rings is 1. The number of nitrogens with zero attached hydrogens (tertiary/aromatic N) is 6. The molecular formula is C22H26N6O2S. The van der Waals surface area contributed by atoms with Gasteiger partial charge in [-0.2, -0.15) is 4.31 Å². The Hall–Kier alpha value is -2.78. The molecule has 2 aliphatic rings. The minimum atomic E-state index is -3.49. The maximum atomic E-state index is 13.2. The molecule has 31 heavy (non-hydrogen) atoms. The van der Waals surface area contributed by atoms with Crippen LogP contribution >= 0.6 is 0 Å². The van der Waals surface area contributed by atoms with E-state index in [1.54, 1.807) is 22.9 Å². The summed E-state index contributed by atoms with van der Waals surface area (Å²) >= 11 is 0. The van der Waals surface area contributed by atoms with E-state index in [1.807, 2.05) is 35.9 Å². The molecule has 9 heteroatoms. The van der Waals surface area contributed by atoms with Crippen LogP contribution in [0.3, 0.4) is 0 Å². The quantitative estimate of drug-likeness (QED) is 0.622. The lowest BCUT2D eigenvalue weighted by Crippen LogP contribution is -2.49. The van der Waals surface area contributed by atoms with E-state index in [1.165, 1.54) is 17.5 Å². The lowest BCUT2D eigenvalue weighted by molar-refractivity contribution is 0.383. The molecule has 0 unspecified atom stereocenters. The summed E-state index contributed by atoms with van der Waals surface area (Å²) in [6.07, 6.45) is 9.49. The number of hydrogen-bond acceptors (Lipinski definition) is 6. The molecule has 0 saturated carbocycles. The molecule has 1 aliphatic carbocycles. The largest absolute Gasteiger partial charge is 0.354 e. The highest BCUT2D eigenvalue weighted by Gasteiger charge is 2.29. The maximum Gasteiger partial charge on any atom is 0.243 e. The van der Waals surface area contributed by atoms with Crippen LogP contribution in [0.15, 0.2) is 47.9 Å². The van der Waals surface area contributed by atoms with Crippen molar-refractivity contribution in [1.29, 1.82) is 0 Å². The van der Waals surface area contributed by atoms with E-state index < -0.39 is 10.0 Å². The van der Waals surface area contributed by atoms with Gasteiger partial charge in [0.15, 0.2) is 0 Å². The Morgan fingerprint density at radius 2 is 1.61 bits per heavy atom. The molecule has 5 rings (SSSR count). The van der Waals surface area contributed by atoms with Gasteiger partial charge < -0.3 is 4.90 Å². The highest BCUT2D eigenvalue weighted by atomic mass is 32.2. The van der Waals surface area contributed by atoms with E-state index in [0.29, 0.717) is 31.1 Å². The molecule has 1 fully saturated rings. The topological polar surface area (TPSA) is 84.2 Å². The number of fused-ring (bicyclic) bond motifs is 1. The van der Waals surface area contributed by atoms with Crippen molar-refractivity contribution in [2.45, 2.75) is 37.5 Å². The second kappa shape index (κ2) is 8.05. The molecule has 8 nitrogen and oxygen atoms in total. The first kappa shape index (κ1) is 20.1. The minimum Gasteiger partial charge on any atom is -0.354 e. The third-order valence-electron chi connectivity index (χ3n) is 6.23. The zero-order valence-electron chi connectivity index (χ0n) is 17.6. The first-order valence-electron chi connectivity index (χ1n) is 10.7. The average molecular weight is 439 g/mol. The van der Waals surface area contributed by atoms with Crippen molar-refractivity contribution in [1.82, 2.24) is 23.8 Å². The minimum absolute atomic E-state index is 0.418. The monoisotopic (exact) mass is 438 g/mol. The van der Waals surface area contributed by atoms with Crippen molar-refractivity contribution in [2.24, 2.45) is 0 Å². The van der Waals surface area contributed by atoms with Gasteiger partial charge in [-0.1, -0.05) is 6.07 Å². The Balaban J connectivity index is 1.31. The number of piperazine rings is 1. The maximum absolute atomic E-state index is 13.2. The van der Waals surface area contributed by atoms with Crippen molar-refractivity contribution in [3.63, 3.8) is 0 Å². The number of aromatic nitrogens is 4. The van der Waals surface area contributed by atoms with Crippen LogP contribution in [-0.4, -0.2) is 58.4 Å². The molecule has 3 heterocycles. The Labute approximate surface area is 182 Å². The molecule has 162 valence electrons. The van der Waals surface area contributed by atoms with Gasteiger partial charge in [0.05, 0.1) is 4.90 Å². The van der Waals surface area contributed by atoms with Gasteiger partial charge in [0.1, 0.15) is 23.8 Å². The van der Waals surface area contributed by atoms with E-state index in [4.69, 9.17) is 0 Å². The zero-order chi connectivity index (χ0) is 21.4. The van der Waals surface area contributed by atoms with Gasteiger partial charge in [-0.15, -0.1) is 0 Å². The van der Waals surface area contributed by atoms with Crippen LogP contribution in [0.1, 0.15) is 29.8 Å². The summed E-state index contributed by atoms with van der Waals surface area (Å²) in [6.45, 7) is 3.96. The number of anilines is 1. The van der Waals surface area contributed by atoms with Gasteiger partial charge in [-0.25, -0.2) is 23.4 Å². The first-order chi connectivity index (χ1) is 15.0. The molecule has 1 aliphatic heterocycles. The van der Waals surface area contributed by atoms with Crippen LogP contribution < -0.4 is 4.90 Å². The van der Waals surface area contributed by atoms with E-state index in [0.717, 1.165) is 36.7 Å². The number of hydrogen-bond donors (Lipinski definition) is 0. The normalized spacial score (nSPS) is 17.5. The van der Waals surface area contributed by atoms with Crippen LogP contribution in [0, 0.1) is 6.92 Å². The van der Waals surface area contributed by atoms with Gasteiger partial charge in [-0.3, -0.25) is 4.57 Å². The third-order valence-corrected chi connectivity index (χ3v) is 8.13. The van der Waals surface area contributed by atoms with Gasteiger partial charge in [-0.05, 0) is 55.9 Å². The fourth-order valence-corrected chi connectivity index (χ4v) is 5.91. The Morgan fingerprint density at radius 3 is 2.35 bits per heavy atom. The molecule has 1 saturated heterocycles. The molecule has 1 aromatic carbocycles. The van der Waals surface area contributed by atoms with Crippen LogP contribution in [0.2, 0.25) is 0 Å².